The predicted molar refractivity (Wildman–Crippen MR) is 139 cm³/mol. The van der Waals surface area contributed by atoms with Gasteiger partial charge in [-0.2, -0.15) is 10.4 Å². The normalized spacial score (nSPS) is 17.0. The number of carbonyl (C=O) groups is 2. The van der Waals surface area contributed by atoms with Gasteiger partial charge in [-0.1, -0.05) is 26.2 Å². The van der Waals surface area contributed by atoms with Crippen LogP contribution in [0.25, 0.3) is 10.9 Å². The van der Waals surface area contributed by atoms with Crippen molar-refractivity contribution in [3.05, 3.63) is 41.6 Å². The highest BCUT2D eigenvalue weighted by Crippen LogP contribution is 2.29. The zero-order chi connectivity index (χ0) is 26.2. The number of fused-ring (bicyclic) bond motifs is 1. The topological polar surface area (TPSA) is 154 Å². The molecule has 0 unspecified atom stereocenters. The number of aromatic nitrogens is 3. The lowest BCUT2D eigenvalue weighted by Crippen LogP contribution is -2.48. The Morgan fingerprint density at radius 3 is 2.78 bits per heavy atom. The molecular formula is C26H31N7O4. The second-order valence-electron chi connectivity index (χ2n) is 8.95. The molecule has 194 valence electrons. The van der Waals surface area contributed by atoms with Gasteiger partial charge in [0.15, 0.2) is 0 Å². The number of nitrogens with zero attached hydrogens (tertiary/aromatic N) is 3. The predicted octanol–water partition coefficient (Wildman–Crippen LogP) is 4.61. The van der Waals surface area contributed by atoms with Gasteiger partial charge in [0.05, 0.1) is 37.0 Å². The van der Waals surface area contributed by atoms with E-state index in [1.54, 1.807) is 6.20 Å². The first kappa shape index (κ1) is 25.8. The highest BCUT2D eigenvalue weighted by atomic mass is 16.5. The molecule has 2 atom stereocenters. The van der Waals surface area contributed by atoms with Gasteiger partial charge in [0.2, 0.25) is 0 Å². The summed E-state index contributed by atoms with van der Waals surface area (Å²) in [5.41, 5.74) is 1.62. The van der Waals surface area contributed by atoms with Crippen LogP contribution in [0.4, 0.5) is 22.1 Å². The van der Waals surface area contributed by atoms with E-state index < -0.39 is 12.1 Å². The maximum atomic E-state index is 12.6. The summed E-state index contributed by atoms with van der Waals surface area (Å²) in [4.78, 5) is 29.5. The molecule has 0 radical (unpaired) electrons. The SMILES string of the molecule is CCCCOC(=O)N[C@H]1CCCC[C@H]1Nc1cc(C#N)c(C(=O)OC)c(Nc2ccc3cn[nH]c3c2)n1. The van der Waals surface area contributed by atoms with Crippen molar-refractivity contribution < 1.29 is 19.1 Å². The number of alkyl carbamates (subject to hydrolysis) is 1. The van der Waals surface area contributed by atoms with Gasteiger partial charge in [-0.05, 0) is 43.5 Å². The summed E-state index contributed by atoms with van der Waals surface area (Å²) >= 11 is 0. The average Bonchev–Trinajstić information content (AvgIpc) is 3.37. The lowest BCUT2D eigenvalue weighted by atomic mass is 9.90. The van der Waals surface area contributed by atoms with Gasteiger partial charge >= 0.3 is 12.1 Å². The molecule has 11 nitrogen and oxygen atoms in total. The van der Waals surface area contributed by atoms with Crippen LogP contribution in [0, 0.1) is 11.3 Å². The van der Waals surface area contributed by atoms with Crippen molar-refractivity contribution in [2.75, 3.05) is 24.4 Å². The van der Waals surface area contributed by atoms with Crippen LogP contribution in [0.1, 0.15) is 61.4 Å². The number of H-pyrrole nitrogens is 1. The molecule has 3 aromatic rings. The highest BCUT2D eigenvalue weighted by Gasteiger charge is 2.28. The van der Waals surface area contributed by atoms with Crippen molar-refractivity contribution in [1.29, 1.82) is 5.26 Å². The van der Waals surface area contributed by atoms with Gasteiger partial charge < -0.3 is 25.4 Å². The van der Waals surface area contributed by atoms with Gasteiger partial charge in [-0.25, -0.2) is 14.6 Å². The highest BCUT2D eigenvalue weighted by molar-refractivity contribution is 5.99. The molecule has 0 bridgehead atoms. The van der Waals surface area contributed by atoms with E-state index in [0.29, 0.717) is 18.1 Å². The quantitative estimate of drug-likeness (QED) is 0.241. The molecule has 0 saturated heterocycles. The lowest BCUT2D eigenvalue weighted by molar-refractivity contribution is 0.0601. The molecule has 4 rings (SSSR count). The van der Waals surface area contributed by atoms with E-state index in [-0.39, 0.29) is 29.0 Å². The third kappa shape index (κ3) is 6.27. The monoisotopic (exact) mass is 505 g/mol. The van der Waals surface area contributed by atoms with E-state index in [0.717, 1.165) is 49.4 Å². The Labute approximate surface area is 214 Å². The first-order chi connectivity index (χ1) is 18.0. The van der Waals surface area contributed by atoms with Crippen molar-refractivity contribution in [1.82, 2.24) is 20.5 Å². The second-order valence-corrected chi connectivity index (χ2v) is 8.95. The smallest absolute Gasteiger partial charge is 0.407 e. The number of aromatic amines is 1. The van der Waals surface area contributed by atoms with Crippen LogP contribution in [0.2, 0.25) is 0 Å². The third-order valence-corrected chi connectivity index (χ3v) is 6.37. The molecule has 37 heavy (non-hydrogen) atoms. The van der Waals surface area contributed by atoms with Crippen LogP contribution in [-0.2, 0) is 9.47 Å². The minimum Gasteiger partial charge on any atom is -0.465 e. The Morgan fingerprint density at radius 2 is 2.03 bits per heavy atom. The van der Waals surface area contributed by atoms with E-state index in [2.05, 4.69) is 37.2 Å². The van der Waals surface area contributed by atoms with Crippen LogP contribution < -0.4 is 16.0 Å². The number of pyridine rings is 1. The Kier molecular flexibility index (Phi) is 8.40. The molecule has 2 heterocycles. The summed E-state index contributed by atoms with van der Waals surface area (Å²) in [7, 11) is 1.26. The number of amides is 1. The Bertz CT molecular complexity index is 1300. The number of carbonyl (C=O) groups excluding carboxylic acids is 2. The minimum atomic E-state index is -0.673. The first-order valence-electron chi connectivity index (χ1n) is 12.5. The summed E-state index contributed by atoms with van der Waals surface area (Å²) in [5.74, 6) is -0.0771. The number of nitriles is 1. The number of benzene rings is 1. The summed E-state index contributed by atoms with van der Waals surface area (Å²) in [6.07, 6.45) is 6.61. The fourth-order valence-electron chi connectivity index (χ4n) is 4.43. The fourth-order valence-corrected chi connectivity index (χ4v) is 4.43. The van der Waals surface area contributed by atoms with Gasteiger partial charge in [0.1, 0.15) is 23.3 Å². The Morgan fingerprint density at radius 1 is 1.22 bits per heavy atom. The van der Waals surface area contributed by atoms with E-state index >= 15 is 0 Å². The van der Waals surface area contributed by atoms with Crippen LogP contribution in [0.15, 0.2) is 30.5 Å². The molecule has 1 aliphatic carbocycles. The maximum absolute atomic E-state index is 12.6. The van der Waals surface area contributed by atoms with Crippen LogP contribution >= 0.6 is 0 Å². The molecule has 1 amide bonds. The fraction of sp³-hybridized carbons (Fsp3) is 0.423. The van der Waals surface area contributed by atoms with E-state index in [9.17, 15) is 14.9 Å². The first-order valence-corrected chi connectivity index (χ1v) is 12.5. The number of hydrogen-bond donors (Lipinski definition) is 4. The molecule has 1 aromatic carbocycles. The second kappa shape index (κ2) is 12.1. The molecule has 11 heteroatoms. The van der Waals surface area contributed by atoms with Crippen molar-refractivity contribution in [2.45, 2.75) is 57.5 Å². The number of unbranched alkanes of at least 4 members (excludes halogenated alkanes) is 1. The van der Waals surface area contributed by atoms with Gasteiger partial charge in [0, 0.05) is 17.1 Å². The van der Waals surface area contributed by atoms with Crippen molar-refractivity contribution in [3.63, 3.8) is 0 Å². The molecular weight excluding hydrogens is 474 g/mol. The molecule has 1 fully saturated rings. The molecule has 1 saturated carbocycles. The van der Waals surface area contributed by atoms with Gasteiger partial charge in [-0.15, -0.1) is 0 Å². The zero-order valence-electron chi connectivity index (χ0n) is 21.0. The number of methoxy groups -OCH3 is 1. The number of ether oxygens (including phenoxy) is 2. The number of anilines is 3. The van der Waals surface area contributed by atoms with Gasteiger partial charge in [-0.3, -0.25) is 5.10 Å². The minimum absolute atomic E-state index is 0.0399. The zero-order valence-corrected chi connectivity index (χ0v) is 21.0. The van der Waals surface area contributed by atoms with E-state index in [1.165, 1.54) is 13.2 Å². The standard InChI is InChI=1S/C26H31N7O4/c1-3-4-11-37-26(35)31-20-8-6-5-7-19(20)30-22-12-17(14-27)23(25(34)36-2)24(32-22)29-18-10-9-16-15-28-33-21(16)13-18/h9-10,12-13,15,19-20H,3-8,11H2,1-2H3,(H,28,33)(H,31,35)(H2,29,30,32)/t19-,20+/m1/s1. The number of nitrogens with one attached hydrogen (secondary N) is 4. The molecule has 1 aliphatic rings. The maximum Gasteiger partial charge on any atom is 0.407 e. The summed E-state index contributed by atoms with van der Waals surface area (Å²) in [6, 6.07) is 8.88. The summed E-state index contributed by atoms with van der Waals surface area (Å²) in [6.45, 7) is 2.42. The molecule has 0 aliphatic heterocycles. The molecule has 2 aromatic heterocycles. The summed E-state index contributed by atoms with van der Waals surface area (Å²) in [5, 5.41) is 27.2. The summed E-state index contributed by atoms with van der Waals surface area (Å²) < 4.78 is 10.2. The average molecular weight is 506 g/mol. The third-order valence-electron chi connectivity index (χ3n) is 6.37. The van der Waals surface area contributed by atoms with E-state index in [1.807, 2.05) is 25.1 Å². The van der Waals surface area contributed by atoms with Crippen LogP contribution in [0.3, 0.4) is 0 Å². The Hall–Kier alpha value is -4.33. The van der Waals surface area contributed by atoms with Crippen molar-refractivity contribution in [2.24, 2.45) is 0 Å². The van der Waals surface area contributed by atoms with Crippen molar-refractivity contribution >= 4 is 40.3 Å². The number of rotatable bonds is 9. The Balaban J connectivity index is 1.60. The van der Waals surface area contributed by atoms with Crippen LogP contribution in [0.5, 0.6) is 0 Å². The van der Waals surface area contributed by atoms with Crippen LogP contribution in [-0.4, -0.2) is 53.0 Å². The number of esters is 1. The number of hydrogen-bond acceptors (Lipinski definition) is 9. The van der Waals surface area contributed by atoms with E-state index in [4.69, 9.17) is 9.47 Å². The van der Waals surface area contributed by atoms with Crippen molar-refractivity contribution in [3.8, 4) is 6.07 Å². The largest absolute Gasteiger partial charge is 0.465 e. The molecule has 0 spiro atoms. The van der Waals surface area contributed by atoms with Gasteiger partial charge in [0.25, 0.3) is 0 Å². The molecule has 4 N–H and O–H groups in total. The lowest BCUT2D eigenvalue weighted by Gasteiger charge is -2.33.